The summed E-state index contributed by atoms with van der Waals surface area (Å²) in [5.41, 5.74) is 1.86. The molecule has 7 nitrogen and oxygen atoms in total. The van der Waals surface area contributed by atoms with Gasteiger partial charge < -0.3 is 19.7 Å². The third-order valence-electron chi connectivity index (χ3n) is 4.29. The van der Waals surface area contributed by atoms with Gasteiger partial charge in [-0.3, -0.25) is 9.59 Å². The highest BCUT2D eigenvalue weighted by atomic mass is 16.6. The van der Waals surface area contributed by atoms with Crippen molar-refractivity contribution in [3.8, 4) is 0 Å². The summed E-state index contributed by atoms with van der Waals surface area (Å²) < 4.78 is 9.84. The Morgan fingerprint density at radius 2 is 1.81 bits per heavy atom. The highest BCUT2D eigenvalue weighted by molar-refractivity contribution is 6.37. The predicted octanol–water partition coefficient (Wildman–Crippen LogP) is 0.748. The molecule has 0 amide bonds. The molecule has 0 spiro atoms. The molecule has 4 atom stereocenters. The fourth-order valence-electron chi connectivity index (χ4n) is 2.79. The van der Waals surface area contributed by atoms with E-state index in [-0.39, 0.29) is 0 Å². The van der Waals surface area contributed by atoms with Crippen LogP contribution in [-0.2, 0) is 30.3 Å². The first kappa shape index (κ1) is 20.1. The van der Waals surface area contributed by atoms with Crippen LogP contribution in [0.2, 0.25) is 0 Å². The number of aliphatic hydroxyl groups is 2. The zero-order valence-corrected chi connectivity index (χ0v) is 15.0. The molecule has 0 aliphatic carbocycles. The van der Waals surface area contributed by atoms with E-state index in [4.69, 9.17) is 14.6 Å². The smallest absolute Gasteiger partial charge is 0.379 e. The minimum absolute atomic E-state index is 0.518. The zero-order chi connectivity index (χ0) is 19.4. The van der Waals surface area contributed by atoms with E-state index in [0.29, 0.717) is 11.5 Å². The maximum Gasteiger partial charge on any atom is 0.379 e. The highest BCUT2D eigenvalue weighted by Crippen LogP contribution is 2.24. The number of carbonyl (C=O) groups is 3. The number of hydrogen-bond acceptors (Lipinski definition) is 7. The molecule has 0 aromatic heterocycles. The van der Waals surface area contributed by atoms with Crippen LogP contribution in [0.5, 0.6) is 0 Å². The minimum atomic E-state index is -1.56. The number of cyclic esters (lactones) is 1. The number of ketones is 1. The quantitative estimate of drug-likeness (QED) is 0.542. The molecule has 1 heterocycles. The van der Waals surface area contributed by atoms with Gasteiger partial charge in [0.05, 0.1) is 12.5 Å². The number of rotatable bonds is 7. The van der Waals surface area contributed by atoms with E-state index >= 15 is 0 Å². The van der Waals surface area contributed by atoms with Gasteiger partial charge in [0, 0.05) is 0 Å². The molecule has 1 aromatic rings. The molecule has 0 bridgehead atoms. The Bertz CT molecular complexity index is 665. The number of Topliss-reactive ketones (excluding diaryl/α,β-unsaturated/α-hetero) is 1. The van der Waals surface area contributed by atoms with Crippen molar-refractivity contribution in [3.05, 3.63) is 35.4 Å². The van der Waals surface area contributed by atoms with Crippen molar-refractivity contribution in [2.24, 2.45) is 5.92 Å². The predicted molar refractivity (Wildman–Crippen MR) is 91.3 cm³/mol. The van der Waals surface area contributed by atoms with Crippen molar-refractivity contribution in [1.29, 1.82) is 0 Å². The van der Waals surface area contributed by atoms with Crippen molar-refractivity contribution in [2.45, 2.75) is 51.4 Å². The van der Waals surface area contributed by atoms with Crippen LogP contribution in [0, 0.1) is 5.92 Å². The Hall–Kier alpha value is -2.25. The van der Waals surface area contributed by atoms with Gasteiger partial charge in [-0.05, 0) is 30.4 Å². The van der Waals surface area contributed by atoms with E-state index in [9.17, 15) is 19.5 Å². The number of carbonyl (C=O) groups excluding carboxylic acids is 3. The molecule has 1 saturated heterocycles. The summed E-state index contributed by atoms with van der Waals surface area (Å²) in [6.07, 6.45) is -3.53. The number of aliphatic hydroxyl groups excluding tert-OH is 2. The van der Waals surface area contributed by atoms with Crippen LogP contribution in [0.1, 0.15) is 37.8 Å². The van der Waals surface area contributed by atoms with Crippen LogP contribution < -0.4 is 0 Å². The van der Waals surface area contributed by atoms with E-state index < -0.39 is 48.6 Å². The lowest BCUT2D eigenvalue weighted by Crippen LogP contribution is -2.42. The van der Waals surface area contributed by atoms with Gasteiger partial charge in [0.25, 0.3) is 5.78 Å². The minimum Gasteiger partial charge on any atom is -0.449 e. The third-order valence-corrected chi connectivity index (χ3v) is 4.29. The lowest BCUT2D eigenvalue weighted by molar-refractivity contribution is -0.161. The summed E-state index contributed by atoms with van der Waals surface area (Å²) in [4.78, 5) is 35.6. The van der Waals surface area contributed by atoms with Gasteiger partial charge in [0.2, 0.25) is 6.10 Å². The van der Waals surface area contributed by atoms with Gasteiger partial charge in [-0.15, -0.1) is 0 Å². The second kappa shape index (κ2) is 8.42. The van der Waals surface area contributed by atoms with Gasteiger partial charge in [0.1, 0.15) is 6.10 Å². The van der Waals surface area contributed by atoms with Crippen LogP contribution in [0.15, 0.2) is 24.3 Å². The van der Waals surface area contributed by atoms with Crippen molar-refractivity contribution < 1.29 is 34.1 Å². The summed E-state index contributed by atoms with van der Waals surface area (Å²) in [5.74, 6) is -3.10. The number of hydrogen-bond donors (Lipinski definition) is 2. The molecule has 1 aliphatic rings. The van der Waals surface area contributed by atoms with Gasteiger partial charge in [-0.2, -0.15) is 0 Å². The Kier molecular flexibility index (Phi) is 6.50. The second-order valence-corrected chi connectivity index (χ2v) is 6.90. The average Bonchev–Trinajstić information content (AvgIpc) is 2.89. The topological polar surface area (TPSA) is 110 Å². The summed E-state index contributed by atoms with van der Waals surface area (Å²) in [5, 5.41) is 18.7. The molecule has 142 valence electrons. The van der Waals surface area contributed by atoms with Gasteiger partial charge in [-0.25, -0.2) is 4.79 Å². The van der Waals surface area contributed by atoms with Crippen molar-refractivity contribution in [1.82, 2.24) is 0 Å². The van der Waals surface area contributed by atoms with Crippen LogP contribution in [0.4, 0.5) is 0 Å². The van der Waals surface area contributed by atoms with Crippen molar-refractivity contribution in [2.75, 3.05) is 6.61 Å². The molecule has 1 fully saturated rings. The van der Waals surface area contributed by atoms with E-state index in [1.54, 1.807) is 6.92 Å². The number of ether oxygens (including phenoxy) is 2. The molecule has 2 rings (SSSR count). The van der Waals surface area contributed by atoms with Crippen molar-refractivity contribution in [3.63, 3.8) is 0 Å². The van der Waals surface area contributed by atoms with Gasteiger partial charge >= 0.3 is 11.9 Å². The fourth-order valence-corrected chi connectivity index (χ4v) is 2.79. The van der Waals surface area contributed by atoms with Crippen molar-refractivity contribution >= 4 is 17.7 Å². The van der Waals surface area contributed by atoms with E-state index in [0.717, 1.165) is 12.0 Å². The highest BCUT2D eigenvalue weighted by Gasteiger charge is 2.50. The average molecular weight is 364 g/mol. The molecular weight excluding hydrogens is 340 g/mol. The van der Waals surface area contributed by atoms with Gasteiger partial charge in [-0.1, -0.05) is 38.1 Å². The van der Waals surface area contributed by atoms with E-state index in [2.05, 4.69) is 13.8 Å². The van der Waals surface area contributed by atoms with Crippen LogP contribution in [-0.4, -0.2) is 52.9 Å². The standard InChI is InChI=1S/C19H24O7/c1-10(2)8-12-4-6-13(7-5-12)11(3)18(23)26-17-15(22)19(24)25-16(17)14(21)9-20/h4-7,10-11,14,16-17,20-21H,8-9H2,1-3H3/t11?,14-,16+,17?/m0/s1. The van der Waals surface area contributed by atoms with Crippen LogP contribution in [0.3, 0.4) is 0 Å². The zero-order valence-electron chi connectivity index (χ0n) is 15.0. The molecule has 2 N–H and O–H groups in total. The molecule has 0 saturated carbocycles. The second-order valence-electron chi connectivity index (χ2n) is 6.90. The Labute approximate surface area is 151 Å². The first-order valence-electron chi connectivity index (χ1n) is 8.57. The lowest BCUT2D eigenvalue weighted by atomic mass is 9.96. The van der Waals surface area contributed by atoms with Crippen LogP contribution in [0.25, 0.3) is 0 Å². The fraction of sp³-hybridized carbons (Fsp3) is 0.526. The Morgan fingerprint density at radius 1 is 1.19 bits per heavy atom. The largest absolute Gasteiger partial charge is 0.449 e. The Morgan fingerprint density at radius 3 is 2.35 bits per heavy atom. The lowest BCUT2D eigenvalue weighted by Gasteiger charge is -2.21. The summed E-state index contributed by atoms with van der Waals surface area (Å²) in [6.45, 7) is 5.13. The maximum atomic E-state index is 12.4. The van der Waals surface area contributed by atoms with Gasteiger partial charge in [0.15, 0.2) is 6.10 Å². The summed E-state index contributed by atoms with van der Waals surface area (Å²) in [7, 11) is 0. The maximum absolute atomic E-state index is 12.4. The summed E-state index contributed by atoms with van der Waals surface area (Å²) in [6, 6.07) is 7.51. The normalized spacial score (nSPS) is 22.2. The number of benzene rings is 1. The molecule has 26 heavy (non-hydrogen) atoms. The first-order chi connectivity index (χ1) is 12.2. The molecule has 1 aromatic carbocycles. The molecule has 0 radical (unpaired) electrons. The van der Waals surface area contributed by atoms with E-state index in [1.165, 1.54) is 0 Å². The monoisotopic (exact) mass is 364 g/mol. The van der Waals surface area contributed by atoms with Crippen LogP contribution >= 0.6 is 0 Å². The molecule has 1 aliphatic heterocycles. The molecule has 7 heteroatoms. The van der Waals surface area contributed by atoms with E-state index in [1.807, 2.05) is 24.3 Å². The summed E-state index contributed by atoms with van der Waals surface area (Å²) >= 11 is 0. The number of esters is 2. The first-order valence-corrected chi connectivity index (χ1v) is 8.57. The molecular formula is C19H24O7. The molecule has 2 unspecified atom stereocenters. The third kappa shape index (κ3) is 4.47. The SMILES string of the molecule is CC(C)Cc1ccc(C(C)C(=O)OC2C(=O)C(=O)O[C@@H]2[C@@H](O)CO)cc1. The Balaban J connectivity index is 2.07.